The quantitative estimate of drug-likeness (QED) is 0.352. The average Bonchev–Trinajstić information content (AvgIpc) is 2.70. The number of anilines is 1. The van der Waals surface area contributed by atoms with E-state index >= 15 is 0 Å². The Morgan fingerprint density at radius 3 is 2.30 bits per heavy atom. The first-order valence-electron chi connectivity index (χ1n) is 10.7. The maximum atomic E-state index is 12.2. The molecule has 5 heteroatoms. The predicted octanol–water partition coefficient (Wildman–Crippen LogP) is 7.11. The third kappa shape index (κ3) is 8.39. The molecule has 0 saturated heterocycles. The summed E-state index contributed by atoms with van der Waals surface area (Å²) in [4.78, 5) is 12.2. The Hall–Kier alpha value is -2.01. The standard InChI is InChI=1S/C25H34BrNO3/c1-5-6-7-8-9-16-29-21-13-11-20(12-14-21)27-24(28)18-30-23-15-10-19(17-22(23)26)25(2,3)4/h10-15,17H,5-9,16,18H2,1-4H3,(H,27,28). The smallest absolute Gasteiger partial charge is 0.262 e. The summed E-state index contributed by atoms with van der Waals surface area (Å²) < 4.78 is 12.3. The molecule has 0 unspecified atom stereocenters. The van der Waals surface area contributed by atoms with Crippen LogP contribution in [0.4, 0.5) is 5.69 Å². The Labute approximate surface area is 189 Å². The highest BCUT2D eigenvalue weighted by molar-refractivity contribution is 9.10. The molecule has 164 valence electrons. The van der Waals surface area contributed by atoms with Gasteiger partial charge in [-0.25, -0.2) is 0 Å². The van der Waals surface area contributed by atoms with E-state index in [1.54, 1.807) is 0 Å². The average molecular weight is 476 g/mol. The molecule has 0 aliphatic carbocycles. The van der Waals surface area contributed by atoms with Crippen LogP contribution in [0.15, 0.2) is 46.9 Å². The van der Waals surface area contributed by atoms with Gasteiger partial charge in [-0.1, -0.05) is 59.4 Å². The summed E-state index contributed by atoms with van der Waals surface area (Å²) in [6, 6.07) is 13.4. The fraction of sp³-hybridized carbons (Fsp3) is 0.480. The summed E-state index contributed by atoms with van der Waals surface area (Å²) in [5, 5.41) is 2.85. The van der Waals surface area contributed by atoms with E-state index < -0.39 is 0 Å². The third-order valence-corrected chi connectivity index (χ3v) is 5.43. The Balaban J connectivity index is 1.76. The van der Waals surface area contributed by atoms with E-state index in [4.69, 9.17) is 9.47 Å². The van der Waals surface area contributed by atoms with Crippen molar-refractivity contribution in [2.75, 3.05) is 18.5 Å². The van der Waals surface area contributed by atoms with Crippen molar-refractivity contribution in [3.8, 4) is 11.5 Å². The van der Waals surface area contributed by atoms with Crippen LogP contribution < -0.4 is 14.8 Å². The molecule has 0 aliphatic heterocycles. The molecule has 0 fully saturated rings. The van der Waals surface area contributed by atoms with Crippen LogP contribution in [-0.4, -0.2) is 19.1 Å². The molecule has 0 bridgehead atoms. The van der Waals surface area contributed by atoms with E-state index in [1.807, 2.05) is 42.5 Å². The first-order valence-corrected chi connectivity index (χ1v) is 11.5. The Bertz CT molecular complexity index is 797. The van der Waals surface area contributed by atoms with Gasteiger partial charge in [0.1, 0.15) is 11.5 Å². The number of benzene rings is 2. The van der Waals surface area contributed by atoms with E-state index in [9.17, 15) is 4.79 Å². The minimum Gasteiger partial charge on any atom is -0.494 e. The minimum absolute atomic E-state index is 0.0521. The van der Waals surface area contributed by atoms with Crippen LogP contribution >= 0.6 is 15.9 Å². The molecule has 0 saturated carbocycles. The summed E-state index contributed by atoms with van der Waals surface area (Å²) >= 11 is 3.53. The topological polar surface area (TPSA) is 47.6 Å². The van der Waals surface area contributed by atoms with Gasteiger partial charge in [0.2, 0.25) is 0 Å². The molecule has 0 spiro atoms. The second kappa shape index (κ2) is 12.0. The molecule has 0 radical (unpaired) electrons. The minimum atomic E-state index is -0.202. The predicted molar refractivity (Wildman–Crippen MR) is 128 cm³/mol. The monoisotopic (exact) mass is 475 g/mol. The van der Waals surface area contributed by atoms with Crippen LogP contribution in [0.3, 0.4) is 0 Å². The van der Waals surface area contributed by atoms with Crippen LogP contribution in [0.25, 0.3) is 0 Å². The van der Waals surface area contributed by atoms with Crippen molar-refractivity contribution in [1.29, 1.82) is 0 Å². The van der Waals surface area contributed by atoms with Gasteiger partial charge in [-0.15, -0.1) is 0 Å². The van der Waals surface area contributed by atoms with Crippen molar-refractivity contribution in [3.05, 3.63) is 52.5 Å². The Kier molecular flexibility index (Phi) is 9.70. The zero-order valence-corrected chi connectivity index (χ0v) is 20.2. The molecule has 4 nitrogen and oxygen atoms in total. The lowest BCUT2D eigenvalue weighted by Crippen LogP contribution is -2.20. The van der Waals surface area contributed by atoms with E-state index in [0.717, 1.165) is 28.9 Å². The van der Waals surface area contributed by atoms with Gasteiger partial charge in [-0.05, 0) is 69.7 Å². The van der Waals surface area contributed by atoms with E-state index in [2.05, 4.69) is 48.9 Å². The van der Waals surface area contributed by atoms with Gasteiger partial charge in [-0.2, -0.15) is 0 Å². The first-order chi connectivity index (χ1) is 14.3. The maximum Gasteiger partial charge on any atom is 0.262 e. The van der Waals surface area contributed by atoms with Gasteiger partial charge >= 0.3 is 0 Å². The van der Waals surface area contributed by atoms with Crippen LogP contribution in [-0.2, 0) is 10.2 Å². The van der Waals surface area contributed by atoms with Crippen LogP contribution in [0, 0.1) is 0 Å². The normalized spacial score (nSPS) is 11.2. The number of rotatable bonds is 11. The molecule has 1 N–H and O–H groups in total. The summed E-state index contributed by atoms with van der Waals surface area (Å²) in [6.07, 6.45) is 6.08. The largest absolute Gasteiger partial charge is 0.494 e. The van der Waals surface area contributed by atoms with E-state index in [-0.39, 0.29) is 17.9 Å². The lowest BCUT2D eigenvalue weighted by atomic mass is 9.87. The molecule has 0 atom stereocenters. The number of halogens is 1. The van der Waals surface area contributed by atoms with Gasteiger partial charge in [0.25, 0.3) is 5.91 Å². The van der Waals surface area contributed by atoms with Gasteiger partial charge in [0.15, 0.2) is 6.61 Å². The third-order valence-electron chi connectivity index (χ3n) is 4.81. The van der Waals surface area contributed by atoms with Crippen LogP contribution in [0.1, 0.15) is 65.4 Å². The molecule has 2 aromatic carbocycles. The number of nitrogens with one attached hydrogen (secondary N) is 1. The van der Waals surface area contributed by atoms with Crippen molar-refractivity contribution in [2.24, 2.45) is 0 Å². The maximum absolute atomic E-state index is 12.2. The zero-order valence-electron chi connectivity index (χ0n) is 18.6. The van der Waals surface area contributed by atoms with Crippen molar-refractivity contribution in [2.45, 2.75) is 65.2 Å². The number of unbranched alkanes of at least 4 members (excludes halogenated alkanes) is 4. The number of carbonyl (C=O) groups excluding carboxylic acids is 1. The highest BCUT2D eigenvalue weighted by atomic mass is 79.9. The number of hydrogen-bond acceptors (Lipinski definition) is 3. The highest BCUT2D eigenvalue weighted by Gasteiger charge is 2.15. The highest BCUT2D eigenvalue weighted by Crippen LogP contribution is 2.31. The zero-order chi connectivity index (χ0) is 22.0. The summed E-state index contributed by atoms with van der Waals surface area (Å²) in [5.41, 5.74) is 1.99. The van der Waals surface area contributed by atoms with E-state index in [1.165, 1.54) is 31.2 Å². The lowest BCUT2D eigenvalue weighted by molar-refractivity contribution is -0.118. The molecule has 2 rings (SSSR count). The molecule has 30 heavy (non-hydrogen) atoms. The SMILES string of the molecule is CCCCCCCOc1ccc(NC(=O)COc2ccc(C(C)(C)C)cc2Br)cc1. The molecule has 2 aromatic rings. The van der Waals surface area contributed by atoms with Crippen LogP contribution in [0.5, 0.6) is 11.5 Å². The number of carbonyl (C=O) groups is 1. The Morgan fingerprint density at radius 2 is 1.67 bits per heavy atom. The summed E-state index contributed by atoms with van der Waals surface area (Å²) in [5.74, 6) is 1.27. The van der Waals surface area contributed by atoms with Crippen molar-refractivity contribution in [3.63, 3.8) is 0 Å². The van der Waals surface area contributed by atoms with Crippen molar-refractivity contribution >= 4 is 27.5 Å². The van der Waals surface area contributed by atoms with E-state index in [0.29, 0.717) is 5.75 Å². The molecule has 0 aliphatic rings. The first kappa shape index (κ1) is 24.3. The number of amides is 1. The fourth-order valence-electron chi connectivity index (χ4n) is 2.95. The number of ether oxygens (including phenoxy) is 2. The number of hydrogen-bond donors (Lipinski definition) is 1. The lowest BCUT2D eigenvalue weighted by Gasteiger charge is -2.20. The second-order valence-corrected chi connectivity index (χ2v) is 9.37. The van der Waals surface area contributed by atoms with Crippen molar-refractivity contribution < 1.29 is 14.3 Å². The molecule has 1 amide bonds. The van der Waals surface area contributed by atoms with Gasteiger partial charge in [0, 0.05) is 5.69 Å². The molecule has 0 aromatic heterocycles. The Morgan fingerprint density at radius 1 is 0.967 bits per heavy atom. The van der Waals surface area contributed by atoms with Gasteiger partial charge in [0.05, 0.1) is 11.1 Å². The van der Waals surface area contributed by atoms with Crippen molar-refractivity contribution in [1.82, 2.24) is 0 Å². The summed E-state index contributed by atoms with van der Waals surface area (Å²) in [6.45, 7) is 9.37. The molecule has 0 heterocycles. The van der Waals surface area contributed by atoms with Gasteiger partial charge in [-0.3, -0.25) is 4.79 Å². The molecular formula is C25H34BrNO3. The summed E-state index contributed by atoms with van der Waals surface area (Å²) in [7, 11) is 0. The second-order valence-electron chi connectivity index (χ2n) is 8.52. The van der Waals surface area contributed by atoms with Crippen LogP contribution in [0.2, 0.25) is 0 Å². The molecular weight excluding hydrogens is 442 g/mol. The van der Waals surface area contributed by atoms with Gasteiger partial charge < -0.3 is 14.8 Å². The fourth-order valence-corrected chi connectivity index (χ4v) is 3.45.